The van der Waals surface area contributed by atoms with Crippen LogP contribution < -0.4 is 10.9 Å². The van der Waals surface area contributed by atoms with Crippen LogP contribution >= 0.6 is 22.7 Å². The molecule has 0 saturated heterocycles. The molecule has 0 N–H and O–H groups in total. The van der Waals surface area contributed by atoms with Crippen LogP contribution in [0.5, 0.6) is 0 Å². The Hall–Kier alpha value is -4.00. The highest BCUT2D eigenvalue weighted by Crippen LogP contribution is 2.29. The highest BCUT2D eigenvalue weighted by atomic mass is 32.1. The highest BCUT2D eigenvalue weighted by Gasteiger charge is 2.14. The fraction of sp³-hybridized carbons (Fsp3) is 0.391. The van der Waals surface area contributed by atoms with Gasteiger partial charge in [0.2, 0.25) is 0 Å². The Balaban J connectivity index is 0.940. The van der Waals surface area contributed by atoms with Crippen LogP contribution in [0.25, 0.3) is 40.3 Å². The van der Waals surface area contributed by atoms with Crippen LogP contribution in [0.3, 0.4) is 0 Å². The number of carbonyl (C=O) groups excluding carboxylic acids is 2. The zero-order valence-corrected chi connectivity index (χ0v) is 32.7. The van der Waals surface area contributed by atoms with Crippen molar-refractivity contribution in [1.82, 2.24) is 0 Å². The molecule has 4 aromatic carbocycles. The number of unbranched alkanes of at least 4 members (excludes halogenated alkanes) is 7. The molecule has 6 heteroatoms. The monoisotopic (exact) mass is 730 g/mol. The van der Waals surface area contributed by atoms with Gasteiger partial charge in [0.05, 0.1) is 0 Å². The van der Waals surface area contributed by atoms with Gasteiger partial charge in [-0.1, -0.05) is 78.4 Å². The van der Waals surface area contributed by atoms with Crippen molar-refractivity contribution < 1.29 is 9.59 Å². The van der Waals surface area contributed by atoms with E-state index in [2.05, 4.69) is 36.4 Å². The second-order valence-corrected chi connectivity index (χ2v) is 17.5. The van der Waals surface area contributed by atoms with E-state index in [0.717, 1.165) is 55.3 Å². The molecule has 0 radical (unpaired) electrons. The minimum atomic E-state index is 0.0272. The Morgan fingerprint density at radius 2 is 0.788 bits per heavy atom. The van der Waals surface area contributed by atoms with Crippen molar-refractivity contribution in [2.24, 2.45) is 11.8 Å². The first-order chi connectivity index (χ1) is 25.1. The van der Waals surface area contributed by atoms with E-state index >= 15 is 0 Å². The molecule has 0 aliphatic rings. The Kier molecular flexibility index (Phi) is 12.5. The number of ketones is 2. The van der Waals surface area contributed by atoms with Crippen molar-refractivity contribution >= 4 is 74.6 Å². The minimum absolute atomic E-state index is 0.0272. The Morgan fingerprint density at radius 1 is 0.462 bits per heavy atom. The summed E-state index contributed by atoms with van der Waals surface area (Å²) in [6, 6.07) is 23.8. The first kappa shape index (κ1) is 37.7. The number of carbonyl (C=O) groups is 2. The van der Waals surface area contributed by atoms with Gasteiger partial charge in [0.25, 0.3) is 0 Å². The molecule has 6 aromatic rings. The molecule has 0 aliphatic heterocycles. The number of Topliss-reactive ketones (excluding diaryl/α,β-unsaturated/α-hetero) is 2. The first-order valence-electron chi connectivity index (χ1n) is 19.1. The molecule has 2 heterocycles. The molecule has 0 fully saturated rings. The van der Waals surface area contributed by atoms with Gasteiger partial charge >= 0.3 is 0 Å². The van der Waals surface area contributed by atoms with E-state index in [1.54, 1.807) is 34.8 Å². The zero-order valence-electron chi connectivity index (χ0n) is 31.0. The lowest BCUT2D eigenvalue weighted by Gasteiger charge is -2.08. The summed E-state index contributed by atoms with van der Waals surface area (Å²) in [5.74, 6) is 0.761. The molecule has 4 nitrogen and oxygen atoms in total. The van der Waals surface area contributed by atoms with Crippen molar-refractivity contribution in [1.29, 1.82) is 0 Å². The quantitative estimate of drug-likeness (QED) is 0.0532. The molecular weight excluding hydrogens is 681 g/mol. The molecule has 6 rings (SSSR count). The van der Waals surface area contributed by atoms with E-state index in [-0.39, 0.29) is 34.3 Å². The topological polar surface area (TPSA) is 68.3 Å². The van der Waals surface area contributed by atoms with Crippen LogP contribution in [0.1, 0.15) is 124 Å². The van der Waals surface area contributed by atoms with E-state index in [1.807, 2.05) is 52.0 Å². The maximum atomic E-state index is 13.5. The van der Waals surface area contributed by atoms with Gasteiger partial charge in [-0.25, -0.2) is 0 Å². The molecule has 0 aliphatic carbocycles. The van der Waals surface area contributed by atoms with E-state index in [4.69, 9.17) is 0 Å². The number of hydrogen-bond acceptors (Lipinski definition) is 6. The van der Waals surface area contributed by atoms with Crippen LogP contribution in [0, 0.1) is 11.8 Å². The largest absolute Gasteiger partial charge is 0.294 e. The summed E-state index contributed by atoms with van der Waals surface area (Å²) in [6.07, 6.45) is 12.4. The Morgan fingerprint density at radius 3 is 1.15 bits per heavy atom. The van der Waals surface area contributed by atoms with Gasteiger partial charge in [-0.3, -0.25) is 19.2 Å². The van der Waals surface area contributed by atoms with Gasteiger partial charge in [0.1, 0.15) is 0 Å². The van der Waals surface area contributed by atoms with Crippen LogP contribution in [0.2, 0.25) is 0 Å². The SMILES string of the molecule is CC(C)CC(=O)c1ccc2sc3ccc(CCCCCCCCCCc4ccc5sc6ccc(C(=O)CC(C)C)cc6c(=O)c5c4)cc3c(=O)c2c1. The predicted molar refractivity (Wildman–Crippen MR) is 223 cm³/mol. The van der Waals surface area contributed by atoms with Crippen LogP contribution in [-0.2, 0) is 12.8 Å². The summed E-state index contributed by atoms with van der Waals surface area (Å²) < 4.78 is 3.85. The molecule has 52 heavy (non-hydrogen) atoms. The number of benzene rings is 4. The van der Waals surface area contributed by atoms with Crippen LogP contribution in [0.4, 0.5) is 0 Å². The molecule has 0 saturated carbocycles. The smallest absolute Gasteiger partial charge is 0.195 e. The van der Waals surface area contributed by atoms with Gasteiger partial charge in [0, 0.05) is 64.3 Å². The molecule has 0 unspecified atom stereocenters. The number of aryl methyl sites for hydroxylation is 2. The molecule has 0 bridgehead atoms. The van der Waals surface area contributed by atoms with E-state index in [0.29, 0.717) is 34.7 Å². The predicted octanol–water partition coefficient (Wildman–Crippen LogP) is 12.5. The number of hydrogen-bond donors (Lipinski definition) is 0. The van der Waals surface area contributed by atoms with Crippen molar-refractivity contribution in [2.75, 3.05) is 0 Å². The fourth-order valence-electron chi connectivity index (χ4n) is 7.16. The van der Waals surface area contributed by atoms with Crippen molar-refractivity contribution in [3.8, 4) is 0 Å². The molecule has 0 amide bonds. The van der Waals surface area contributed by atoms with Gasteiger partial charge in [0.15, 0.2) is 22.4 Å². The van der Waals surface area contributed by atoms with Gasteiger partial charge in [-0.15, -0.1) is 22.7 Å². The van der Waals surface area contributed by atoms with Crippen molar-refractivity contribution in [2.45, 2.75) is 105 Å². The van der Waals surface area contributed by atoms with E-state index < -0.39 is 0 Å². The third-order valence-electron chi connectivity index (χ3n) is 9.98. The van der Waals surface area contributed by atoms with Crippen molar-refractivity contribution in [3.05, 3.63) is 115 Å². The average Bonchev–Trinajstić information content (AvgIpc) is 3.12. The maximum Gasteiger partial charge on any atom is 0.195 e. The molecule has 270 valence electrons. The van der Waals surface area contributed by atoms with Gasteiger partial charge < -0.3 is 0 Å². The minimum Gasteiger partial charge on any atom is -0.294 e. The normalized spacial score (nSPS) is 11.9. The molecule has 2 aromatic heterocycles. The third kappa shape index (κ3) is 9.13. The summed E-state index contributed by atoms with van der Waals surface area (Å²) >= 11 is 3.24. The highest BCUT2D eigenvalue weighted by molar-refractivity contribution is 7.25. The van der Waals surface area contributed by atoms with Crippen LogP contribution in [-0.4, -0.2) is 11.6 Å². The zero-order chi connectivity index (χ0) is 36.8. The second kappa shape index (κ2) is 17.2. The van der Waals surface area contributed by atoms with Gasteiger partial charge in [-0.05, 0) is 109 Å². The first-order valence-corrected chi connectivity index (χ1v) is 20.8. The Bertz CT molecular complexity index is 2190. The lowest BCUT2D eigenvalue weighted by atomic mass is 9.99. The second-order valence-electron chi connectivity index (χ2n) is 15.3. The summed E-state index contributed by atoms with van der Waals surface area (Å²) in [4.78, 5) is 52.2. The summed E-state index contributed by atoms with van der Waals surface area (Å²) in [6.45, 7) is 8.15. The number of rotatable bonds is 17. The standard InChI is InChI=1S/C46H50O4S2/c1-29(2)23-39(47)33-17-21-43-37(27-33)45(49)35-25-31(15-19-41(35)51-43)13-11-9-7-5-6-8-10-12-14-32-16-20-42-36(26-32)46(50)38-28-34(18-22-44(38)52-42)40(48)24-30(3)4/h15-22,25-30H,5-14,23-24H2,1-4H3. The van der Waals surface area contributed by atoms with E-state index in [9.17, 15) is 19.2 Å². The lowest BCUT2D eigenvalue weighted by molar-refractivity contribution is 0.0959. The lowest BCUT2D eigenvalue weighted by Crippen LogP contribution is -2.06. The van der Waals surface area contributed by atoms with Gasteiger partial charge in [-0.2, -0.15) is 0 Å². The molecular formula is C46H50O4S2. The summed E-state index contributed by atoms with van der Waals surface area (Å²) in [5.41, 5.74) is 3.73. The van der Waals surface area contributed by atoms with Crippen LogP contribution in [0.15, 0.2) is 82.4 Å². The summed E-state index contributed by atoms with van der Waals surface area (Å²) in [5, 5.41) is 2.83. The average molecular weight is 731 g/mol. The Labute approximate surface area is 314 Å². The molecule has 0 atom stereocenters. The fourth-order valence-corrected chi connectivity index (χ4v) is 9.23. The summed E-state index contributed by atoms with van der Waals surface area (Å²) in [7, 11) is 0. The molecule has 0 spiro atoms. The maximum absolute atomic E-state index is 13.5. The van der Waals surface area contributed by atoms with E-state index in [1.165, 1.54) is 49.7 Å². The third-order valence-corrected chi connectivity index (χ3v) is 12.3. The van der Waals surface area contributed by atoms with Crippen molar-refractivity contribution in [3.63, 3.8) is 0 Å². The number of fused-ring (bicyclic) bond motifs is 4.